The second kappa shape index (κ2) is 50.4. The van der Waals surface area contributed by atoms with Gasteiger partial charge in [-0.1, -0.05) is 296 Å². The predicted octanol–water partition coefficient (Wildman–Crippen LogP) is 17.4. The van der Waals surface area contributed by atoms with Crippen LogP contribution in [-0.2, 0) is 18.4 Å². The first-order valence-electron chi connectivity index (χ1n) is 29.9. The van der Waals surface area contributed by atoms with Gasteiger partial charge in [0, 0.05) is 6.42 Å². The Hall–Kier alpha value is -0.500. The van der Waals surface area contributed by atoms with E-state index in [0.29, 0.717) is 23.9 Å². The lowest BCUT2D eigenvalue weighted by molar-refractivity contribution is -0.870. The van der Waals surface area contributed by atoms with E-state index in [4.69, 9.17) is 9.05 Å². The number of unbranched alkanes of at least 4 members (excludes halogenated alkanes) is 43. The first kappa shape index (κ1) is 66.5. The number of hydrogen-bond acceptors (Lipinski definition) is 6. The van der Waals surface area contributed by atoms with Gasteiger partial charge in [-0.15, -0.1) is 0 Å². The van der Waals surface area contributed by atoms with Gasteiger partial charge in [0.05, 0.1) is 39.9 Å². The number of carbonyl (C=O) groups is 1. The van der Waals surface area contributed by atoms with Crippen LogP contribution in [0.4, 0.5) is 0 Å². The van der Waals surface area contributed by atoms with Crippen LogP contribution >= 0.6 is 7.82 Å². The molecule has 1 amide bonds. The van der Waals surface area contributed by atoms with Crippen molar-refractivity contribution in [3.05, 3.63) is 0 Å². The van der Waals surface area contributed by atoms with Crippen molar-refractivity contribution in [2.45, 2.75) is 328 Å². The van der Waals surface area contributed by atoms with E-state index in [-0.39, 0.29) is 19.1 Å². The van der Waals surface area contributed by atoms with E-state index in [0.717, 1.165) is 38.5 Å². The zero-order chi connectivity index (χ0) is 49.2. The average molecular weight is 972 g/mol. The first-order chi connectivity index (χ1) is 32.5. The molecule has 0 rings (SSSR count). The van der Waals surface area contributed by atoms with E-state index in [1.54, 1.807) is 0 Å². The highest BCUT2D eigenvalue weighted by Gasteiger charge is 2.24. The molecule has 67 heavy (non-hydrogen) atoms. The zero-order valence-corrected chi connectivity index (χ0v) is 46.8. The van der Waals surface area contributed by atoms with Crippen LogP contribution in [0.15, 0.2) is 0 Å². The van der Waals surface area contributed by atoms with E-state index in [1.807, 2.05) is 21.1 Å². The normalized spacial score (nSPS) is 13.8. The number of carbonyl (C=O) groups excluding carboxylic acids is 1. The lowest BCUT2D eigenvalue weighted by Crippen LogP contribution is -2.46. The minimum atomic E-state index is -4.57. The van der Waals surface area contributed by atoms with Crippen molar-refractivity contribution in [2.75, 3.05) is 40.9 Å². The van der Waals surface area contributed by atoms with Crippen molar-refractivity contribution < 1.29 is 32.9 Å². The quantitative estimate of drug-likeness (QED) is 0.0357. The van der Waals surface area contributed by atoms with Gasteiger partial charge in [-0.2, -0.15) is 0 Å². The molecule has 0 aliphatic carbocycles. The number of amides is 1. The maximum Gasteiger partial charge on any atom is 0.268 e. The van der Waals surface area contributed by atoms with Crippen LogP contribution in [-0.4, -0.2) is 68.5 Å². The van der Waals surface area contributed by atoms with Crippen LogP contribution in [0, 0.1) is 0 Å². The summed E-state index contributed by atoms with van der Waals surface area (Å²) >= 11 is 0. The Morgan fingerprint density at radius 3 is 1.01 bits per heavy atom. The van der Waals surface area contributed by atoms with Crippen molar-refractivity contribution in [1.29, 1.82) is 0 Å². The third-order valence-corrected chi connectivity index (χ3v) is 15.1. The zero-order valence-electron chi connectivity index (χ0n) is 45.9. The maximum atomic E-state index is 13.0. The minimum Gasteiger partial charge on any atom is -0.756 e. The van der Waals surface area contributed by atoms with E-state index in [1.165, 1.54) is 250 Å². The number of nitrogens with zero attached hydrogens (tertiary/aromatic N) is 1. The van der Waals surface area contributed by atoms with Gasteiger partial charge < -0.3 is 28.8 Å². The predicted molar refractivity (Wildman–Crippen MR) is 289 cm³/mol. The lowest BCUT2D eigenvalue weighted by atomic mass is 10.0. The largest absolute Gasteiger partial charge is 0.756 e. The van der Waals surface area contributed by atoms with Crippen molar-refractivity contribution in [3.8, 4) is 0 Å². The second-order valence-corrected chi connectivity index (χ2v) is 23.5. The van der Waals surface area contributed by atoms with Gasteiger partial charge in [0.1, 0.15) is 13.2 Å². The van der Waals surface area contributed by atoms with Crippen molar-refractivity contribution in [1.82, 2.24) is 5.32 Å². The molecule has 0 aliphatic heterocycles. The third kappa shape index (κ3) is 53.1. The summed E-state index contributed by atoms with van der Waals surface area (Å²) in [6, 6.07) is -0.795. The van der Waals surface area contributed by atoms with E-state index >= 15 is 0 Å². The molecule has 0 aromatic carbocycles. The Labute approximate surface area is 419 Å². The summed E-state index contributed by atoms with van der Waals surface area (Å²) in [5.41, 5.74) is 0. The fourth-order valence-electron chi connectivity index (χ4n) is 9.40. The SMILES string of the molecule is CCCCCCCCCCCCCCCCCCCCCCCCCCCCCC(=O)NC(COP(=O)([O-])OCC[N+](C)(C)C)C(O)CCCCCCCCCCCCCCCCCCCC. The summed E-state index contributed by atoms with van der Waals surface area (Å²) < 4.78 is 23.4. The summed E-state index contributed by atoms with van der Waals surface area (Å²) in [6.07, 6.45) is 60.0. The van der Waals surface area contributed by atoms with Crippen LogP contribution in [0.5, 0.6) is 0 Å². The molecule has 0 heterocycles. The highest BCUT2D eigenvalue weighted by Crippen LogP contribution is 2.38. The number of aliphatic hydroxyl groups excluding tert-OH is 1. The molecular formula is C58H119N2O6P. The molecule has 0 saturated heterocycles. The highest BCUT2D eigenvalue weighted by molar-refractivity contribution is 7.45. The van der Waals surface area contributed by atoms with Crippen LogP contribution in [0.3, 0.4) is 0 Å². The van der Waals surface area contributed by atoms with E-state index < -0.39 is 20.0 Å². The third-order valence-electron chi connectivity index (χ3n) is 14.1. The average Bonchev–Trinajstić information content (AvgIpc) is 3.29. The molecule has 0 spiro atoms. The monoisotopic (exact) mass is 971 g/mol. The highest BCUT2D eigenvalue weighted by atomic mass is 31.2. The summed E-state index contributed by atoms with van der Waals surface area (Å²) in [6.45, 7) is 4.78. The molecule has 8 nitrogen and oxygen atoms in total. The summed E-state index contributed by atoms with van der Waals surface area (Å²) in [5, 5.41) is 14.0. The van der Waals surface area contributed by atoms with Crippen molar-refractivity contribution in [2.24, 2.45) is 0 Å². The molecule has 9 heteroatoms. The molecular weight excluding hydrogens is 852 g/mol. The van der Waals surface area contributed by atoms with Crippen LogP contribution in [0.1, 0.15) is 316 Å². The Bertz CT molecular complexity index is 1060. The van der Waals surface area contributed by atoms with Gasteiger partial charge >= 0.3 is 0 Å². The topological polar surface area (TPSA) is 108 Å². The molecule has 3 unspecified atom stereocenters. The molecule has 0 fully saturated rings. The molecule has 0 bridgehead atoms. The van der Waals surface area contributed by atoms with Gasteiger partial charge in [0.2, 0.25) is 5.91 Å². The smallest absolute Gasteiger partial charge is 0.268 e. The Kier molecular flexibility index (Phi) is 50.1. The number of phosphoric ester groups is 1. The summed E-state index contributed by atoms with van der Waals surface area (Å²) in [4.78, 5) is 25.5. The fourth-order valence-corrected chi connectivity index (χ4v) is 10.1. The molecule has 0 radical (unpaired) electrons. The summed E-state index contributed by atoms with van der Waals surface area (Å²) in [5.74, 6) is -0.156. The molecule has 0 aromatic heterocycles. The lowest BCUT2D eigenvalue weighted by Gasteiger charge is -2.30. The van der Waals surface area contributed by atoms with E-state index in [2.05, 4.69) is 19.2 Å². The number of nitrogens with one attached hydrogen (secondary N) is 1. The molecule has 3 atom stereocenters. The number of likely N-dealkylation sites (N-methyl/N-ethyl adjacent to an activating group) is 1. The van der Waals surface area contributed by atoms with Crippen LogP contribution < -0.4 is 10.2 Å². The fraction of sp³-hybridized carbons (Fsp3) is 0.983. The van der Waals surface area contributed by atoms with Crippen molar-refractivity contribution >= 4 is 13.7 Å². The number of rotatable bonds is 56. The molecule has 402 valence electrons. The van der Waals surface area contributed by atoms with Gasteiger partial charge in [-0.05, 0) is 12.8 Å². The molecule has 0 saturated carbocycles. The van der Waals surface area contributed by atoms with Crippen LogP contribution in [0.25, 0.3) is 0 Å². The second-order valence-electron chi connectivity index (χ2n) is 22.1. The van der Waals surface area contributed by atoms with Crippen LogP contribution in [0.2, 0.25) is 0 Å². The van der Waals surface area contributed by atoms with Gasteiger partial charge in [-0.3, -0.25) is 9.36 Å². The minimum absolute atomic E-state index is 0.0167. The van der Waals surface area contributed by atoms with Gasteiger partial charge in [-0.25, -0.2) is 0 Å². The number of phosphoric acid groups is 1. The van der Waals surface area contributed by atoms with Gasteiger partial charge in [0.25, 0.3) is 7.82 Å². The number of quaternary nitrogens is 1. The molecule has 0 aromatic rings. The van der Waals surface area contributed by atoms with Crippen molar-refractivity contribution in [3.63, 3.8) is 0 Å². The van der Waals surface area contributed by atoms with E-state index in [9.17, 15) is 19.4 Å². The molecule has 0 aliphatic rings. The Morgan fingerprint density at radius 2 is 0.731 bits per heavy atom. The molecule has 2 N–H and O–H groups in total. The maximum absolute atomic E-state index is 13.0. The summed E-state index contributed by atoms with van der Waals surface area (Å²) in [7, 11) is 1.33. The number of hydrogen-bond donors (Lipinski definition) is 2. The standard InChI is InChI=1S/C58H119N2O6P/c1-6-8-10-12-14-16-18-20-22-24-26-27-28-29-30-31-32-33-34-36-38-40-42-44-46-48-50-52-58(62)59-56(55-66-67(63,64)65-54-53-60(3,4)5)57(61)51-49-47-45-43-41-39-37-35-25-23-21-19-17-15-13-11-9-7-2/h56-57,61H,6-55H2,1-5H3,(H-,59,62,63,64). The number of aliphatic hydroxyl groups is 1. The Balaban J connectivity index is 4.06. The first-order valence-corrected chi connectivity index (χ1v) is 31.3. The van der Waals surface area contributed by atoms with Gasteiger partial charge in [0.15, 0.2) is 0 Å². The Morgan fingerprint density at radius 1 is 0.463 bits per heavy atom.